The first-order valence-corrected chi connectivity index (χ1v) is 11.0. The van der Waals surface area contributed by atoms with Gasteiger partial charge in [0.15, 0.2) is 5.96 Å². The SMILES string of the molecule is CN=C(NCc1ccc(CN2CCC(O)CC2)cc1)NC1C2CCOC2C1(C)C. The van der Waals surface area contributed by atoms with E-state index in [1.54, 1.807) is 0 Å². The minimum absolute atomic E-state index is 0.111. The molecule has 3 fully saturated rings. The van der Waals surface area contributed by atoms with Gasteiger partial charge >= 0.3 is 0 Å². The number of aliphatic hydroxyl groups is 1. The Labute approximate surface area is 174 Å². The van der Waals surface area contributed by atoms with Crippen molar-refractivity contribution in [3.8, 4) is 0 Å². The average Bonchev–Trinajstić information content (AvgIpc) is 3.18. The Morgan fingerprint density at radius 1 is 1.17 bits per heavy atom. The van der Waals surface area contributed by atoms with Crippen LogP contribution >= 0.6 is 0 Å². The molecule has 4 rings (SSSR count). The van der Waals surface area contributed by atoms with Gasteiger partial charge < -0.3 is 20.5 Å². The van der Waals surface area contributed by atoms with Gasteiger partial charge in [-0.1, -0.05) is 38.1 Å². The van der Waals surface area contributed by atoms with Gasteiger partial charge in [-0.2, -0.15) is 0 Å². The first-order valence-electron chi connectivity index (χ1n) is 11.0. The Balaban J connectivity index is 1.26. The van der Waals surface area contributed by atoms with E-state index < -0.39 is 0 Å². The molecule has 0 bridgehead atoms. The van der Waals surface area contributed by atoms with Crippen molar-refractivity contribution >= 4 is 5.96 Å². The summed E-state index contributed by atoms with van der Waals surface area (Å²) in [6.07, 6.45) is 3.19. The van der Waals surface area contributed by atoms with Crippen molar-refractivity contribution in [2.75, 3.05) is 26.7 Å². The number of rotatable bonds is 5. The van der Waals surface area contributed by atoms with Crippen molar-refractivity contribution < 1.29 is 9.84 Å². The third kappa shape index (κ3) is 4.44. The van der Waals surface area contributed by atoms with Gasteiger partial charge in [0, 0.05) is 57.2 Å². The Hall–Kier alpha value is -1.63. The number of benzene rings is 1. The largest absolute Gasteiger partial charge is 0.393 e. The molecule has 160 valence electrons. The van der Waals surface area contributed by atoms with Gasteiger partial charge in [0.2, 0.25) is 0 Å². The molecule has 0 aromatic heterocycles. The lowest BCUT2D eigenvalue weighted by Gasteiger charge is -2.54. The van der Waals surface area contributed by atoms with Crippen molar-refractivity contribution in [1.82, 2.24) is 15.5 Å². The predicted octanol–water partition coefficient (Wildman–Crippen LogP) is 2.12. The third-order valence-electron chi connectivity index (χ3n) is 7.06. The zero-order valence-corrected chi connectivity index (χ0v) is 18.0. The van der Waals surface area contributed by atoms with E-state index in [4.69, 9.17) is 4.74 Å². The van der Waals surface area contributed by atoms with Crippen LogP contribution in [0.3, 0.4) is 0 Å². The van der Waals surface area contributed by atoms with Gasteiger partial charge in [-0.05, 0) is 30.4 Å². The highest BCUT2D eigenvalue weighted by Crippen LogP contribution is 2.52. The van der Waals surface area contributed by atoms with E-state index in [0.29, 0.717) is 18.1 Å². The normalized spacial score (nSPS) is 29.9. The summed E-state index contributed by atoms with van der Waals surface area (Å²) >= 11 is 0. The molecule has 3 aliphatic rings. The standard InChI is InChI=1S/C23H36N4O2/c1-23(2)20(19-10-13-29-21(19)23)26-22(24-3)25-14-16-4-6-17(7-5-16)15-27-11-8-18(28)9-12-27/h4-7,18-21,28H,8-15H2,1-3H3,(H2,24,25,26). The second-order valence-corrected chi connectivity index (χ2v) is 9.44. The number of aliphatic imine (C=N–C) groups is 1. The lowest BCUT2D eigenvalue weighted by molar-refractivity contribution is -0.106. The molecule has 2 aliphatic heterocycles. The number of hydrogen-bond acceptors (Lipinski definition) is 4. The fraction of sp³-hybridized carbons (Fsp3) is 0.696. The molecular weight excluding hydrogens is 364 g/mol. The van der Waals surface area contributed by atoms with Crippen LogP contribution in [0.4, 0.5) is 0 Å². The summed E-state index contributed by atoms with van der Waals surface area (Å²) in [5.74, 6) is 1.46. The second kappa shape index (κ2) is 8.62. The van der Waals surface area contributed by atoms with Crippen LogP contribution in [0.25, 0.3) is 0 Å². The van der Waals surface area contributed by atoms with E-state index in [0.717, 1.165) is 58.0 Å². The molecular formula is C23H36N4O2. The lowest BCUT2D eigenvalue weighted by Crippen LogP contribution is -2.67. The number of hydrogen-bond donors (Lipinski definition) is 3. The maximum absolute atomic E-state index is 9.65. The summed E-state index contributed by atoms with van der Waals surface area (Å²) in [5, 5.41) is 16.8. The molecule has 3 unspecified atom stereocenters. The van der Waals surface area contributed by atoms with E-state index in [-0.39, 0.29) is 11.5 Å². The van der Waals surface area contributed by atoms with Gasteiger partial charge in [-0.15, -0.1) is 0 Å². The Kier molecular flexibility index (Phi) is 6.13. The summed E-state index contributed by atoms with van der Waals surface area (Å²) in [6.45, 7) is 9.14. The van der Waals surface area contributed by atoms with Gasteiger partial charge in [-0.3, -0.25) is 9.89 Å². The summed E-state index contributed by atoms with van der Waals surface area (Å²) in [7, 11) is 1.84. The highest BCUT2D eigenvalue weighted by atomic mass is 16.5. The highest BCUT2D eigenvalue weighted by Gasteiger charge is 2.59. The summed E-state index contributed by atoms with van der Waals surface area (Å²) in [4.78, 5) is 6.85. The smallest absolute Gasteiger partial charge is 0.191 e. The van der Waals surface area contributed by atoms with Gasteiger partial charge in [0.1, 0.15) is 0 Å². The van der Waals surface area contributed by atoms with Crippen molar-refractivity contribution in [1.29, 1.82) is 0 Å². The van der Waals surface area contributed by atoms with Crippen LogP contribution in [0.5, 0.6) is 0 Å². The van der Waals surface area contributed by atoms with Gasteiger partial charge in [0.05, 0.1) is 12.2 Å². The molecule has 0 spiro atoms. The van der Waals surface area contributed by atoms with Crippen LogP contribution < -0.4 is 10.6 Å². The van der Waals surface area contributed by atoms with Crippen molar-refractivity contribution in [2.24, 2.45) is 16.3 Å². The molecule has 1 aliphatic carbocycles. The number of fused-ring (bicyclic) bond motifs is 1. The van der Waals surface area contributed by atoms with E-state index in [1.807, 2.05) is 7.05 Å². The van der Waals surface area contributed by atoms with Gasteiger partial charge in [0.25, 0.3) is 0 Å². The minimum atomic E-state index is -0.111. The van der Waals surface area contributed by atoms with E-state index >= 15 is 0 Å². The van der Waals surface area contributed by atoms with E-state index in [9.17, 15) is 5.11 Å². The van der Waals surface area contributed by atoms with Gasteiger partial charge in [-0.25, -0.2) is 0 Å². The fourth-order valence-corrected chi connectivity index (χ4v) is 5.24. The van der Waals surface area contributed by atoms with Crippen LogP contribution in [-0.4, -0.2) is 61.0 Å². The van der Waals surface area contributed by atoms with Crippen LogP contribution in [0.15, 0.2) is 29.3 Å². The Morgan fingerprint density at radius 2 is 1.86 bits per heavy atom. The van der Waals surface area contributed by atoms with Crippen molar-refractivity contribution in [2.45, 2.75) is 64.4 Å². The summed E-state index contributed by atoms with van der Waals surface area (Å²) < 4.78 is 5.90. The maximum Gasteiger partial charge on any atom is 0.191 e. The molecule has 6 nitrogen and oxygen atoms in total. The summed E-state index contributed by atoms with van der Waals surface area (Å²) in [5.41, 5.74) is 2.72. The molecule has 6 heteroatoms. The Bertz CT molecular complexity index is 710. The zero-order valence-electron chi connectivity index (χ0n) is 18.0. The monoisotopic (exact) mass is 400 g/mol. The molecule has 3 N–H and O–H groups in total. The first-order chi connectivity index (χ1) is 14.0. The summed E-state index contributed by atoms with van der Waals surface area (Å²) in [6, 6.07) is 9.23. The number of ether oxygens (including phenoxy) is 1. The topological polar surface area (TPSA) is 69.1 Å². The van der Waals surface area contributed by atoms with Crippen LogP contribution in [0, 0.1) is 11.3 Å². The molecule has 1 saturated carbocycles. The third-order valence-corrected chi connectivity index (χ3v) is 7.06. The molecule has 3 atom stereocenters. The number of piperidine rings is 1. The fourth-order valence-electron chi connectivity index (χ4n) is 5.24. The molecule has 1 aromatic rings. The predicted molar refractivity (Wildman–Crippen MR) is 116 cm³/mol. The van der Waals surface area contributed by atoms with E-state index in [1.165, 1.54) is 11.1 Å². The molecule has 1 aromatic carbocycles. The van der Waals surface area contributed by atoms with Crippen LogP contribution in [0.2, 0.25) is 0 Å². The number of nitrogens with zero attached hydrogens (tertiary/aromatic N) is 2. The zero-order chi connectivity index (χ0) is 20.4. The molecule has 2 heterocycles. The average molecular weight is 401 g/mol. The first kappa shape index (κ1) is 20.6. The van der Waals surface area contributed by atoms with Crippen molar-refractivity contribution in [3.63, 3.8) is 0 Å². The minimum Gasteiger partial charge on any atom is -0.393 e. The van der Waals surface area contributed by atoms with E-state index in [2.05, 4.69) is 58.6 Å². The Morgan fingerprint density at radius 3 is 2.55 bits per heavy atom. The number of nitrogens with one attached hydrogen (secondary N) is 2. The van der Waals surface area contributed by atoms with Crippen LogP contribution in [0.1, 0.15) is 44.2 Å². The maximum atomic E-state index is 9.65. The number of guanidine groups is 1. The number of likely N-dealkylation sites (tertiary alicyclic amines) is 1. The lowest BCUT2D eigenvalue weighted by atomic mass is 9.57. The number of aliphatic hydroxyl groups excluding tert-OH is 1. The quantitative estimate of drug-likeness (QED) is 0.522. The molecule has 29 heavy (non-hydrogen) atoms. The van der Waals surface area contributed by atoms with Crippen molar-refractivity contribution in [3.05, 3.63) is 35.4 Å². The molecule has 0 amide bonds. The highest BCUT2D eigenvalue weighted by molar-refractivity contribution is 5.80. The molecule has 0 radical (unpaired) electrons. The van der Waals surface area contributed by atoms with Crippen LogP contribution in [-0.2, 0) is 17.8 Å². The second-order valence-electron chi connectivity index (χ2n) is 9.44. The molecule has 2 saturated heterocycles.